The van der Waals surface area contributed by atoms with Crippen LogP contribution in [0.15, 0.2) is 77.8 Å². The van der Waals surface area contributed by atoms with Crippen LogP contribution in [0.4, 0.5) is 28.8 Å². The monoisotopic (exact) mass is 1050 g/mol. The molecule has 402 valence electrons. The highest BCUT2D eigenvalue weighted by Crippen LogP contribution is 2.28. The summed E-state index contributed by atoms with van der Waals surface area (Å²) in [7, 11) is -3.73. The number of nitrogens with zero attached hydrogens (tertiary/aromatic N) is 5. The zero-order chi connectivity index (χ0) is 54.1. The standard InChI is InChI=1S/C53H69N11O10S/c1-36-14-12-17-43(48(36)51(71)64(35-65)42-22-23-45(67)59-50(42)70)74-34-46(68)55-27-11-9-7-6-8-10-26-54-44(66)24-25-47(69)63-30-28-62(29-31-63)40-20-18-38(19-21-40)58-52-56-33-37(2)49(60-52)57-39-15-13-16-41(32-39)75(72,73)61-53(3,4)5/h12-21,32-33,35,42,61H,6-11,22-31,34H2,1-5H3,(H,54,66)(H,55,68)(H,59,67,70)(H2,56,57,58,60). The van der Waals surface area contributed by atoms with Crippen LogP contribution in [0.25, 0.3) is 0 Å². The second-order valence-corrected chi connectivity index (χ2v) is 21.3. The number of carbonyl (C=O) groups excluding carboxylic acids is 7. The Morgan fingerprint density at radius 1 is 0.813 bits per heavy atom. The lowest BCUT2D eigenvalue weighted by molar-refractivity contribution is -0.139. The molecule has 6 rings (SSSR count). The van der Waals surface area contributed by atoms with Gasteiger partial charge in [0.15, 0.2) is 6.61 Å². The van der Waals surface area contributed by atoms with Gasteiger partial charge in [0.1, 0.15) is 17.6 Å². The second-order valence-electron chi connectivity index (χ2n) is 19.6. The van der Waals surface area contributed by atoms with E-state index >= 15 is 0 Å². The maximum Gasteiger partial charge on any atom is 0.265 e. The van der Waals surface area contributed by atoms with Crippen LogP contribution in [0.3, 0.4) is 0 Å². The van der Waals surface area contributed by atoms with E-state index in [0.717, 1.165) is 60.4 Å². The first-order valence-corrected chi connectivity index (χ1v) is 26.8. The normalized spacial score (nSPS) is 14.9. The van der Waals surface area contributed by atoms with Crippen molar-refractivity contribution < 1.29 is 46.7 Å². The number of aryl methyl sites for hydroxylation is 2. The maximum absolute atomic E-state index is 13.4. The van der Waals surface area contributed by atoms with Gasteiger partial charge in [-0.1, -0.05) is 43.9 Å². The van der Waals surface area contributed by atoms with Gasteiger partial charge in [0.2, 0.25) is 46.0 Å². The lowest BCUT2D eigenvalue weighted by atomic mass is 10.0. The molecule has 2 fully saturated rings. The zero-order valence-corrected chi connectivity index (χ0v) is 44.1. The summed E-state index contributed by atoms with van der Waals surface area (Å²) < 4.78 is 34.2. The number of piperazine rings is 1. The molecule has 2 saturated heterocycles. The van der Waals surface area contributed by atoms with Crippen LogP contribution >= 0.6 is 0 Å². The lowest BCUT2D eigenvalue weighted by Gasteiger charge is -2.36. The van der Waals surface area contributed by atoms with E-state index in [1.807, 2.05) is 31.2 Å². The molecular formula is C53H69N11O10S. The minimum absolute atomic E-state index is 0.00803. The van der Waals surface area contributed by atoms with Crippen molar-refractivity contribution in [2.45, 2.75) is 115 Å². The second kappa shape index (κ2) is 26.7. The number of anilines is 5. The van der Waals surface area contributed by atoms with Gasteiger partial charge >= 0.3 is 0 Å². The number of sulfonamides is 1. The molecule has 1 aromatic heterocycles. The average Bonchev–Trinajstić information content (AvgIpc) is 3.37. The number of unbranched alkanes of at least 4 members (excludes halogenated alkanes) is 5. The molecule has 0 saturated carbocycles. The van der Waals surface area contributed by atoms with Gasteiger partial charge in [0.05, 0.1) is 10.5 Å². The van der Waals surface area contributed by atoms with E-state index in [0.29, 0.717) is 62.3 Å². The third-order valence-corrected chi connectivity index (χ3v) is 14.2. The molecule has 3 aromatic carbocycles. The van der Waals surface area contributed by atoms with Crippen LogP contribution in [0.2, 0.25) is 0 Å². The van der Waals surface area contributed by atoms with Crippen molar-refractivity contribution in [2.75, 3.05) is 61.4 Å². The highest BCUT2D eigenvalue weighted by Gasteiger charge is 2.36. The number of piperidine rings is 1. The molecule has 2 aliphatic rings. The fourth-order valence-electron chi connectivity index (χ4n) is 8.52. The van der Waals surface area contributed by atoms with E-state index < -0.39 is 39.3 Å². The van der Waals surface area contributed by atoms with Crippen LogP contribution < -0.4 is 40.9 Å². The molecule has 7 amide bonds. The SMILES string of the molecule is Cc1cnc(Nc2ccc(N3CCN(C(=O)CCC(=O)NCCCCCCCCNC(=O)COc4cccc(C)c4C(=O)N(C=O)C4CCC(=O)NC4=O)CC3)cc2)nc1Nc1cccc(S(=O)(=O)NC(C)(C)C)c1. The van der Waals surface area contributed by atoms with Crippen molar-refractivity contribution in [3.63, 3.8) is 0 Å². The highest BCUT2D eigenvalue weighted by molar-refractivity contribution is 7.89. The van der Waals surface area contributed by atoms with E-state index in [1.54, 1.807) is 75.2 Å². The first-order valence-electron chi connectivity index (χ1n) is 25.3. The Kier molecular flexibility index (Phi) is 20.2. The summed E-state index contributed by atoms with van der Waals surface area (Å²) in [6.07, 6.45) is 7.54. The van der Waals surface area contributed by atoms with Crippen molar-refractivity contribution in [1.29, 1.82) is 0 Å². The van der Waals surface area contributed by atoms with Crippen LogP contribution in [-0.4, -0.2) is 127 Å². The van der Waals surface area contributed by atoms with Crippen LogP contribution in [0.1, 0.15) is 106 Å². The van der Waals surface area contributed by atoms with Crippen molar-refractivity contribution in [3.8, 4) is 5.75 Å². The number of rotatable bonds is 25. The molecule has 75 heavy (non-hydrogen) atoms. The number of hydrogen-bond acceptors (Lipinski definition) is 15. The van der Waals surface area contributed by atoms with Crippen molar-refractivity contribution in [3.05, 3.63) is 89.6 Å². The Hall–Kier alpha value is -7.46. The Morgan fingerprint density at radius 2 is 1.48 bits per heavy atom. The number of hydrogen-bond donors (Lipinski definition) is 6. The van der Waals surface area contributed by atoms with Gasteiger partial charge in [-0.15, -0.1) is 0 Å². The number of amides is 7. The van der Waals surface area contributed by atoms with E-state index in [2.05, 4.69) is 46.2 Å². The number of imide groups is 2. The fraction of sp³-hybridized carbons (Fsp3) is 0.453. The minimum atomic E-state index is -3.73. The summed E-state index contributed by atoms with van der Waals surface area (Å²) in [6.45, 7) is 11.9. The molecule has 21 nitrogen and oxygen atoms in total. The molecule has 4 aromatic rings. The third kappa shape index (κ3) is 17.0. The molecule has 0 radical (unpaired) electrons. The van der Waals surface area contributed by atoms with Crippen LogP contribution in [0.5, 0.6) is 5.75 Å². The lowest BCUT2D eigenvalue weighted by Crippen LogP contribution is -2.54. The Labute approximate surface area is 438 Å². The number of aromatic nitrogens is 2. The van der Waals surface area contributed by atoms with Crippen LogP contribution in [0, 0.1) is 13.8 Å². The smallest absolute Gasteiger partial charge is 0.265 e. The van der Waals surface area contributed by atoms with Crippen molar-refractivity contribution >= 4 is 80.7 Å². The van der Waals surface area contributed by atoms with Gasteiger partial charge in [-0.2, -0.15) is 4.98 Å². The minimum Gasteiger partial charge on any atom is -0.483 e. The first kappa shape index (κ1) is 56.8. The Bertz CT molecular complexity index is 2800. The van der Waals surface area contributed by atoms with Gasteiger partial charge in [0, 0.05) is 92.9 Å². The Morgan fingerprint density at radius 3 is 2.15 bits per heavy atom. The summed E-state index contributed by atoms with van der Waals surface area (Å²) in [5.41, 5.74) is 3.03. The van der Waals surface area contributed by atoms with Crippen molar-refractivity contribution in [2.24, 2.45) is 0 Å². The molecule has 2 aliphatic heterocycles. The maximum atomic E-state index is 13.4. The molecule has 0 bridgehead atoms. The molecule has 6 N–H and O–H groups in total. The summed E-state index contributed by atoms with van der Waals surface area (Å²) in [5.74, 6) is -1.56. The van der Waals surface area contributed by atoms with E-state index in [4.69, 9.17) is 4.74 Å². The van der Waals surface area contributed by atoms with Gasteiger partial charge in [0.25, 0.3) is 11.8 Å². The van der Waals surface area contributed by atoms with E-state index in [9.17, 15) is 42.0 Å². The van der Waals surface area contributed by atoms with Crippen molar-refractivity contribution in [1.82, 2.24) is 40.4 Å². The fourth-order valence-corrected chi connectivity index (χ4v) is 9.98. The number of nitrogens with one attached hydrogen (secondary N) is 6. The predicted octanol–water partition coefficient (Wildman–Crippen LogP) is 5.14. The van der Waals surface area contributed by atoms with E-state index in [-0.39, 0.29) is 72.6 Å². The summed E-state index contributed by atoms with van der Waals surface area (Å²) >= 11 is 0. The molecule has 1 unspecified atom stereocenters. The highest BCUT2D eigenvalue weighted by atomic mass is 32.2. The van der Waals surface area contributed by atoms with Gasteiger partial charge < -0.3 is 35.8 Å². The number of benzene rings is 3. The molecule has 3 heterocycles. The van der Waals surface area contributed by atoms with E-state index in [1.165, 1.54) is 6.07 Å². The summed E-state index contributed by atoms with van der Waals surface area (Å²) in [4.78, 5) is 101. The first-order chi connectivity index (χ1) is 35.8. The van der Waals surface area contributed by atoms with Gasteiger partial charge in [-0.05, 0) is 108 Å². The largest absolute Gasteiger partial charge is 0.483 e. The van der Waals surface area contributed by atoms with Gasteiger partial charge in [-0.3, -0.25) is 43.8 Å². The number of ether oxygens (including phenoxy) is 1. The zero-order valence-electron chi connectivity index (χ0n) is 43.3. The number of carbonyl (C=O) groups is 7. The molecule has 22 heteroatoms. The molecule has 0 aliphatic carbocycles. The summed E-state index contributed by atoms with van der Waals surface area (Å²) in [6, 6.07) is 18.1. The quantitative estimate of drug-likeness (QED) is 0.0285. The Balaban J connectivity index is 0.802. The molecular weight excluding hydrogens is 983 g/mol. The molecule has 0 spiro atoms. The van der Waals surface area contributed by atoms with Gasteiger partial charge in [-0.25, -0.2) is 18.1 Å². The van der Waals surface area contributed by atoms with Crippen LogP contribution in [-0.2, 0) is 38.8 Å². The third-order valence-electron chi connectivity index (χ3n) is 12.5. The predicted molar refractivity (Wildman–Crippen MR) is 283 cm³/mol. The average molecular weight is 1050 g/mol. The molecule has 1 atom stereocenters. The summed E-state index contributed by atoms with van der Waals surface area (Å²) in [5, 5.41) is 14.3. The topological polar surface area (TPSA) is 271 Å².